The number of hydrogen-bond acceptors (Lipinski definition) is 15. The molecule has 0 bridgehead atoms. The van der Waals surface area contributed by atoms with Gasteiger partial charge >= 0.3 is 6.09 Å². The lowest BCUT2D eigenvalue weighted by Gasteiger charge is -2.33. The Balaban J connectivity index is 2.24. The molecule has 0 saturated carbocycles. The Kier molecular flexibility index (Phi) is 27.1. The molecular formula is C52H79N13O14. The highest BCUT2D eigenvalue weighted by atomic mass is 16.5. The van der Waals surface area contributed by atoms with Crippen LogP contribution in [0.25, 0.3) is 0 Å². The van der Waals surface area contributed by atoms with Gasteiger partial charge in [0, 0.05) is 6.54 Å². The minimum absolute atomic E-state index is 0.00753. The van der Waals surface area contributed by atoms with Crippen molar-refractivity contribution in [1.29, 1.82) is 0 Å². The Labute approximate surface area is 458 Å². The number of alkyl carbamates (subject to hydrolysis) is 1. The molecule has 0 spiro atoms. The van der Waals surface area contributed by atoms with Gasteiger partial charge in [0.15, 0.2) is 5.96 Å². The number of ether oxygens (including phenoxy) is 1. The van der Waals surface area contributed by atoms with E-state index in [9.17, 15) is 63.3 Å². The molecule has 0 aromatic heterocycles. The zero-order valence-corrected chi connectivity index (χ0v) is 45.6. The monoisotopic (exact) mass is 1110 g/mol. The number of aliphatic imine (C=N–C) groups is 1. The van der Waals surface area contributed by atoms with E-state index < -0.39 is 151 Å². The second-order valence-electron chi connectivity index (χ2n) is 19.5. The molecule has 436 valence electrons. The highest BCUT2D eigenvalue weighted by Crippen LogP contribution is 2.20. The quantitative estimate of drug-likeness (QED) is 0.0452. The first-order valence-corrected chi connectivity index (χ1v) is 26.2. The van der Waals surface area contributed by atoms with Gasteiger partial charge in [0.2, 0.25) is 53.2 Å². The first kappa shape index (κ1) is 65.4. The normalized spacial score (nSPS) is 25.1. The smallest absolute Gasteiger partial charge is 0.408 e. The molecule has 0 radical (unpaired) electrons. The molecule has 2 aromatic rings. The number of amides is 10. The molecule has 12 atom stereocenters. The third-order valence-corrected chi connectivity index (χ3v) is 12.8. The van der Waals surface area contributed by atoms with E-state index in [0.29, 0.717) is 12.0 Å². The van der Waals surface area contributed by atoms with Gasteiger partial charge in [-0.15, -0.1) is 0 Å². The molecule has 17 N–H and O–H groups in total. The van der Waals surface area contributed by atoms with Crippen molar-refractivity contribution in [2.75, 3.05) is 19.7 Å². The van der Waals surface area contributed by atoms with Crippen LogP contribution in [0.5, 0.6) is 0 Å². The Hall–Kier alpha value is -7.91. The van der Waals surface area contributed by atoms with E-state index in [4.69, 9.17) is 16.2 Å². The van der Waals surface area contributed by atoms with E-state index in [2.05, 4.69) is 58.2 Å². The zero-order chi connectivity index (χ0) is 58.9. The number of nitrogens with two attached hydrogens (primary N) is 2. The van der Waals surface area contributed by atoms with Gasteiger partial charge in [-0.1, -0.05) is 108 Å². The van der Waals surface area contributed by atoms with Gasteiger partial charge in [-0.3, -0.25) is 48.1 Å². The summed E-state index contributed by atoms with van der Waals surface area (Å²) in [6.07, 6.45) is -3.92. The fourth-order valence-electron chi connectivity index (χ4n) is 7.99. The standard InChI is InChI=1S/C52H79N13O14/c1-8-17-33-44(71)58-34(22-16-23-55-51(53)54)45(72)61-37(28(5)9-2)48(75)62-38(30(7)67)47(74)56-24-36(68)57-29(6)43(70)60-35(25-66)46(73)63-39(32-20-14-11-15-21-32)40(65-52(78)79-26-31-18-12-10-13-19-31)49(76)64-41(50(77)59-33)42(69)27(3)4/h10-15,18-21,27-30,33-35,37-42,66-67,69H,8-9,16-17,22-26H2,1-7H3,(H,56,74)(H,57,68)(H,58,71)(H,59,77)(H,60,70)(H,61,72)(H,62,75)(H,63,73)(H,64,76)(H,65,78)(H4,53,54,55)/t28-,29?,30-,33?,34+,35?,37-,38-,39+,40-,41-,42+/m0/s1. The number of carbonyl (C=O) groups excluding carboxylic acids is 10. The van der Waals surface area contributed by atoms with E-state index in [0.717, 1.165) is 0 Å². The fraction of sp³-hybridized carbons (Fsp3) is 0.558. The number of nitrogens with zero attached hydrogens (tertiary/aromatic N) is 1. The molecule has 3 rings (SSSR count). The lowest BCUT2D eigenvalue weighted by Crippen LogP contribution is -2.64. The van der Waals surface area contributed by atoms with Crippen molar-refractivity contribution in [3.63, 3.8) is 0 Å². The van der Waals surface area contributed by atoms with Crippen molar-refractivity contribution in [2.24, 2.45) is 28.3 Å². The Bertz CT molecular complexity index is 2410. The van der Waals surface area contributed by atoms with Gasteiger partial charge < -0.3 is 84.7 Å². The number of aliphatic hydroxyl groups excluding tert-OH is 3. The predicted octanol–water partition coefficient (Wildman–Crippen LogP) is -3.03. The summed E-state index contributed by atoms with van der Waals surface area (Å²) in [4.78, 5) is 144. The van der Waals surface area contributed by atoms with Crippen LogP contribution in [0.3, 0.4) is 0 Å². The molecule has 1 aliphatic heterocycles. The minimum Gasteiger partial charge on any atom is -0.445 e. The van der Waals surface area contributed by atoms with Crippen molar-refractivity contribution in [2.45, 2.75) is 154 Å². The summed E-state index contributed by atoms with van der Waals surface area (Å²) in [5, 5.41) is 57.5. The van der Waals surface area contributed by atoms with Crippen LogP contribution in [-0.4, -0.2) is 161 Å². The van der Waals surface area contributed by atoms with Crippen LogP contribution in [0.2, 0.25) is 0 Å². The number of nitrogens with one attached hydrogen (secondary N) is 10. The molecular weight excluding hydrogens is 1030 g/mol. The van der Waals surface area contributed by atoms with E-state index in [1.165, 1.54) is 39.8 Å². The summed E-state index contributed by atoms with van der Waals surface area (Å²) in [6, 6.07) is 1.58. The van der Waals surface area contributed by atoms with Gasteiger partial charge in [0.05, 0.1) is 31.4 Å². The van der Waals surface area contributed by atoms with Crippen LogP contribution in [0, 0.1) is 11.8 Å². The summed E-state index contributed by atoms with van der Waals surface area (Å²) in [5.74, 6) is -10.7. The molecule has 27 heteroatoms. The number of aliphatic hydroxyl groups is 3. The van der Waals surface area contributed by atoms with E-state index in [-0.39, 0.29) is 50.4 Å². The first-order chi connectivity index (χ1) is 37.4. The Morgan fingerprint density at radius 1 is 0.671 bits per heavy atom. The van der Waals surface area contributed by atoms with Gasteiger partial charge in [0.25, 0.3) is 0 Å². The second kappa shape index (κ2) is 32.7. The van der Waals surface area contributed by atoms with Crippen molar-refractivity contribution in [3.8, 4) is 0 Å². The summed E-state index contributed by atoms with van der Waals surface area (Å²) in [6.45, 7) is 8.43. The fourth-order valence-corrected chi connectivity index (χ4v) is 7.99. The predicted molar refractivity (Wildman–Crippen MR) is 287 cm³/mol. The number of benzene rings is 2. The molecule has 3 unspecified atom stereocenters. The summed E-state index contributed by atoms with van der Waals surface area (Å²) >= 11 is 0. The molecule has 10 amide bonds. The van der Waals surface area contributed by atoms with Crippen LogP contribution in [-0.2, 0) is 54.5 Å². The van der Waals surface area contributed by atoms with Gasteiger partial charge in [0.1, 0.15) is 54.9 Å². The SMILES string of the molecule is CCCC1NC(=O)[C@H]([C@H](O)C(C)C)NC(=O)[C@@H](NC(=O)OCc2ccccc2)[C@@H](c2ccccc2)NC(=O)C(CO)NC(=O)C(C)NC(=O)CNC(=O)[C@H]([C@H](C)O)NC(=O)[C@H]([C@@H](C)CC)NC(=O)[C@@H](CCCN=C(N)N)NC1=O. The maximum absolute atomic E-state index is 14.9. The molecule has 1 fully saturated rings. The minimum atomic E-state index is -1.91. The average molecular weight is 1110 g/mol. The maximum atomic E-state index is 14.9. The zero-order valence-electron chi connectivity index (χ0n) is 45.6. The van der Waals surface area contributed by atoms with Crippen molar-refractivity contribution in [1.82, 2.24) is 53.2 Å². The average Bonchev–Trinajstić information content (AvgIpc) is 3.43. The topological polar surface area (TPSA) is 425 Å². The lowest BCUT2D eigenvalue weighted by molar-refractivity contribution is -0.138. The third-order valence-electron chi connectivity index (χ3n) is 12.8. The first-order valence-electron chi connectivity index (χ1n) is 26.2. The highest BCUT2D eigenvalue weighted by molar-refractivity contribution is 5.99. The van der Waals surface area contributed by atoms with Crippen LogP contribution < -0.4 is 64.6 Å². The number of guanidine groups is 1. The summed E-state index contributed by atoms with van der Waals surface area (Å²) in [7, 11) is 0. The van der Waals surface area contributed by atoms with E-state index in [1.807, 2.05) is 0 Å². The van der Waals surface area contributed by atoms with Gasteiger partial charge in [-0.2, -0.15) is 0 Å². The molecule has 1 heterocycles. The summed E-state index contributed by atoms with van der Waals surface area (Å²) in [5.41, 5.74) is 11.8. The number of hydrogen-bond donors (Lipinski definition) is 15. The molecule has 27 nitrogen and oxygen atoms in total. The Morgan fingerprint density at radius 2 is 1.22 bits per heavy atom. The van der Waals surface area contributed by atoms with Crippen LogP contribution >= 0.6 is 0 Å². The lowest BCUT2D eigenvalue weighted by atomic mass is 9.95. The van der Waals surface area contributed by atoms with Crippen molar-refractivity contribution < 1.29 is 68.0 Å². The van der Waals surface area contributed by atoms with Crippen molar-refractivity contribution in [3.05, 3.63) is 71.8 Å². The van der Waals surface area contributed by atoms with Crippen LogP contribution in [0.15, 0.2) is 65.7 Å². The summed E-state index contributed by atoms with van der Waals surface area (Å²) < 4.78 is 5.46. The molecule has 0 aliphatic carbocycles. The molecule has 79 heavy (non-hydrogen) atoms. The molecule has 1 aliphatic rings. The van der Waals surface area contributed by atoms with Gasteiger partial charge in [-0.05, 0) is 56.1 Å². The maximum Gasteiger partial charge on any atom is 0.408 e. The van der Waals surface area contributed by atoms with Crippen LogP contribution in [0.1, 0.15) is 97.7 Å². The van der Waals surface area contributed by atoms with E-state index in [1.54, 1.807) is 69.3 Å². The van der Waals surface area contributed by atoms with Crippen molar-refractivity contribution >= 4 is 65.2 Å². The highest BCUT2D eigenvalue weighted by Gasteiger charge is 2.41. The molecule has 1 saturated heterocycles. The Morgan fingerprint density at radius 3 is 1.80 bits per heavy atom. The third kappa shape index (κ3) is 21.1. The number of carbonyl (C=O) groups is 10. The number of rotatable bonds is 16. The second-order valence-corrected chi connectivity index (χ2v) is 19.5. The van der Waals surface area contributed by atoms with Gasteiger partial charge in [-0.25, -0.2) is 4.79 Å². The largest absolute Gasteiger partial charge is 0.445 e. The van der Waals surface area contributed by atoms with Crippen LogP contribution in [0.4, 0.5) is 4.79 Å². The molecule has 2 aromatic carbocycles. The van der Waals surface area contributed by atoms with E-state index >= 15 is 0 Å².